The first-order chi connectivity index (χ1) is 11.8. The van der Waals surface area contributed by atoms with E-state index in [0.717, 1.165) is 0 Å². The number of halogens is 3. The molecule has 0 radical (unpaired) electrons. The van der Waals surface area contributed by atoms with Crippen molar-refractivity contribution in [1.29, 1.82) is 0 Å². The molecule has 0 fully saturated rings. The van der Waals surface area contributed by atoms with Gasteiger partial charge in [-0.2, -0.15) is 4.39 Å². The fraction of sp³-hybridized carbons (Fsp3) is 0.133. The minimum absolute atomic E-state index is 0.120. The highest BCUT2D eigenvalue weighted by molar-refractivity contribution is 6.05. The molecule has 1 amide bonds. The van der Waals surface area contributed by atoms with Crippen molar-refractivity contribution in [2.24, 2.45) is 0 Å². The number of anilines is 1. The zero-order valence-electron chi connectivity index (χ0n) is 12.9. The van der Waals surface area contributed by atoms with Crippen LogP contribution in [0.2, 0.25) is 0 Å². The van der Waals surface area contributed by atoms with Crippen LogP contribution < -0.4 is 14.8 Å². The van der Waals surface area contributed by atoms with Crippen molar-refractivity contribution < 1.29 is 32.4 Å². The summed E-state index contributed by atoms with van der Waals surface area (Å²) in [5.41, 5.74) is -2.24. The van der Waals surface area contributed by atoms with Gasteiger partial charge in [0.25, 0.3) is 5.91 Å². The van der Waals surface area contributed by atoms with Gasteiger partial charge < -0.3 is 14.8 Å². The van der Waals surface area contributed by atoms with Crippen LogP contribution in [-0.4, -0.2) is 25.1 Å². The lowest BCUT2D eigenvalue weighted by atomic mass is 10.1. The lowest BCUT2D eigenvalue weighted by Crippen LogP contribution is -2.16. The van der Waals surface area contributed by atoms with Crippen molar-refractivity contribution in [3.8, 4) is 11.5 Å². The molecular weight excluding hydrogens is 345 g/mol. The maximum atomic E-state index is 13.8. The molecule has 0 bridgehead atoms. The molecule has 2 aromatic rings. The molecular formula is C15H11F3N2O5. The van der Waals surface area contributed by atoms with Crippen molar-refractivity contribution in [3.05, 3.63) is 57.4 Å². The van der Waals surface area contributed by atoms with Crippen molar-refractivity contribution in [1.82, 2.24) is 0 Å². The first-order valence-electron chi connectivity index (χ1n) is 6.65. The Labute approximate surface area is 139 Å². The third-order valence-corrected chi connectivity index (χ3v) is 3.21. The fourth-order valence-electron chi connectivity index (χ4n) is 2.00. The fourth-order valence-corrected chi connectivity index (χ4v) is 2.00. The SMILES string of the molecule is COc1ccc(NC(=O)c2cc([N+](=O)[O-])c(F)c(F)c2F)cc1OC. The van der Waals surface area contributed by atoms with Gasteiger partial charge in [0.15, 0.2) is 17.3 Å². The molecule has 1 N–H and O–H groups in total. The quantitative estimate of drug-likeness (QED) is 0.504. The van der Waals surface area contributed by atoms with E-state index in [1.165, 1.54) is 32.4 Å². The molecule has 0 atom stereocenters. The van der Waals surface area contributed by atoms with Crippen molar-refractivity contribution in [3.63, 3.8) is 0 Å². The molecule has 2 aromatic carbocycles. The maximum Gasteiger partial charge on any atom is 0.308 e. The van der Waals surface area contributed by atoms with Crippen LogP contribution in [0, 0.1) is 27.6 Å². The predicted octanol–water partition coefficient (Wildman–Crippen LogP) is 3.28. The third-order valence-electron chi connectivity index (χ3n) is 3.21. The van der Waals surface area contributed by atoms with Crippen LogP contribution in [0.1, 0.15) is 10.4 Å². The summed E-state index contributed by atoms with van der Waals surface area (Å²) in [6, 6.07) is 4.48. The Morgan fingerprint density at radius 2 is 1.68 bits per heavy atom. The molecule has 0 saturated heterocycles. The summed E-state index contributed by atoms with van der Waals surface area (Å²) in [5.74, 6) is -6.52. The zero-order chi connectivity index (χ0) is 18.7. The number of carbonyl (C=O) groups excluding carboxylic acids is 1. The van der Waals surface area contributed by atoms with E-state index in [2.05, 4.69) is 5.32 Å². The van der Waals surface area contributed by atoms with Gasteiger partial charge in [-0.1, -0.05) is 0 Å². The second kappa shape index (κ2) is 7.07. The van der Waals surface area contributed by atoms with Gasteiger partial charge in [0.05, 0.1) is 24.7 Å². The number of amides is 1. The summed E-state index contributed by atoms with van der Waals surface area (Å²) >= 11 is 0. The topological polar surface area (TPSA) is 90.7 Å². The number of carbonyl (C=O) groups is 1. The van der Waals surface area contributed by atoms with Crippen molar-refractivity contribution >= 4 is 17.3 Å². The van der Waals surface area contributed by atoms with Crippen LogP contribution in [-0.2, 0) is 0 Å². The van der Waals surface area contributed by atoms with Gasteiger partial charge >= 0.3 is 5.69 Å². The van der Waals surface area contributed by atoms with E-state index in [9.17, 15) is 28.1 Å². The van der Waals surface area contributed by atoms with Crippen LogP contribution >= 0.6 is 0 Å². The summed E-state index contributed by atoms with van der Waals surface area (Å²) < 4.78 is 50.6. The number of hydrogen-bond acceptors (Lipinski definition) is 5. The van der Waals surface area contributed by atoms with E-state index < -0.39 is 39.5 Å². The minimum Gasteiger partial charge on any atom is -0.493 e. The summed E-state index contributed by atoms with van der Waals surface area (Å²) in [7, 11) is 2.74. The first-order valence-corrected chi connectivity index (χ1v) is 6.65. The van der Waals surface area contributed by atoms with Crippen LogP contribution in [0.5, 0.6) is 11.5 Å². The normalized spacial score (nSPS) is 10.3. The molecule has 0 spiro atoms. The van der Waals surface area contributed by atoms with Gasteiger partial charge in [-0.05, 0) is 12.1 Å². The number of nitro benzene ring substituents is 1. The molecule has 7 nitrogen and oxygen atoms in total. The van der Waals surface area contributed by atoms with E-state index in [1.807, 2.05) is 0 Å². The number of ether oxygens (including phenoxy) is 2. The lowest BCUT2D eigenvalue weighted by Gasteiger charge is -2.11. The number of nitrogens with zero attached hydrogens (tertiary/aromatic N) is 1. The average Bonchev–Trinajstić information content (AvgIpc) is 2.59. The molecule has 132 valence electrons. The lowest BCUT2D eigenvalue weighted by molar-refractivity contribution is -0.387. The predicted molar refractivity (Wildman–Crippen MR) is 80.5 cm³/mol. The average molecular weight is 356 g/mol. The standard InChI is InChI=1S/C15H11F3N2O5/c1-24-10-4-3-7(5-11(10)25-2)19-15(21)8-6-9(20(22)23)13(17)14(18)12(8)16/h3-6H,1-2H3,(H,19,21). The molecule has 2 rings (SSSR count). The largest absolute Gasteiger partial charge is 0.493 e. The highest BCUT2D eigenvalue weighted by atomic mass is 19.2. The number of hydrogen-bond donors (Lipinski definition) is 1. The van der Waals surface area contributed by atoms with Crippen molar-refractivity contribution in [2.75, 3.05) is 19.5 Å². The molecule has 0 saturated carbocycles. The Bertz CT molecular complexity index is 858. The number of benzene rings is 2. The second-order valence-electron chi connectivity index (χ2n) is 4.67. The summed E-state index contributed by atoms with van der Waals surface area (Å²) in [4.78, 5) is 21.5. The summed E-state index contributed by atoms with van der Waals surface area (Å²) in [6.07, 6.45) is 0. The van der Waals surface area contributed by atoms with Crippen LogP contribution in [0.4, 0.5) is 24.5 Å². The van der Waals surface area contributed by atoms with E-state index >= 15 is 0 Å². The molecule has 25 heavy (non-hydrogen) atoms. The summed E-state index contributed by atoms with van der Waals surface area (Å²) in [6.45, 7) is 0. The van der Waals surface area contributed by atoms with E-state index in [0.29, 0.717) is 11.8 Å². The molecule has 0 aromatic heterocycles. The Morgan fingerprint density at radius 3 is 2.24 bits per heavy atom. The Morgan fingerprint density at radius 1 is 1.04 bits per heavy atom. The Kier molecular flexibility index (Phi) is 5.11. The summed E-state index contributed by atoms with van der Waals surface area (Å²) in [5, 5.41) is 12.9. The van der Waals surface area contributed by atoms with E-state index in [1.54, 1.807) is 0 Å². The molecule has 10 heteroatoms. The zero-order valence-corrected chi connectivity index (χ0v) is 12.9. The van der Waals surface area contributed by atoms with Gasteiger partial charge in [-0.15, -0.1) is 0 Å². The Balaban J connectivity index is 2.40. The van der Waals surface area contributed by atoms with Gasteiger partial charge in [0.2, 0.25) is 11.6 Å². The third kappa shape index (κ3) is 3.47. The number of methoxy groups -OCH3 is 2. The minimum atomic E-state index is -2.10. The molecule has 0 aliphatic carbocycles. The first kappa shape index (κ1) is 18.0. The Hall–Kier alpha value is -3.30. The van der Waals surface area contributed by atoms with Gasteiger partial charge in [-0.3, -0.25) is 14.9 Å². The van der Waals surface area contributed by atoms with Crippen LogP contribution in [0.15, 0.2) is 24.3 Å². The maximum absolute atomic E-state index is 13.8. The monoisotopic (exact) mass is 356 g/mol. The van der Waals surface area contributed by atoms with E-state index in [-0.39, 0.29) is 11.4 Å². The smallest absolute Gasteiger partial charge is 0.308 e. The van der Waals surface area contributed by atoms with Gasteiger partial charge in [-0.25, -0.2) is 8.78 Å². The van der Waals surface area contributed by atoms with E-state index in [4.69, 9.17) is 9.47 Å². The number of nitro groups is 1. The molecule has 0 aliphatic rings. The molecule has 0 heterocycles. The molecule has 0 unspecified atom stereocenters. The van der Waals surface area contributed by atoms with Gasteiger partial charge in [0, 0.05) is 17.8 Å². The highest BCUT2D eigenvalue weighted by Crippen LogP contribution is 2.31. The highest BCUT2D eigenvalue weighted by Gasteiger charge is 2.28. The van der Waals surface area contributed by atoms with Gasteiger partial charge in [0.1, 0.15) is 0 Å². The van der Waals surface area contributed by atoms with Crippen LogP contribution in [0.25, 0.3) is 0 Å². The molecule has 0 aliphatic heterocycles. The second-order valence-corrected chi connectivity index (χ2v) is 4.67. The number of nitrogens with one attached hydrogen (secondary N) is 1. The van der Waals surface area contributed by atoms with Crippen molar-refractivity contribution in [2.45, 2.75) is 0 Å². The number of rotatable bonds is 5. The van der Waals surface area contributed by atoms with Crippen LogP contribution in [0.3, 0.4) is 0 Å².